The van der Waals surface area contributed by atoms with Gasteiger partial charge in [0.25, 0.3) is 5.56 Å². The van der Waals surface area contributed by atoms with E-state index in [4.69, 9.17) is 4.98 Å². The molecule has 5 rings (SSSR count). The summed E-state index contributed by atoms with van der Waals surface area (Å²) in [6, 6.07) is 8.05. The van der Waals surface area contributed by atoms with Crippen molar-refractivity contribution >= 4 is 27.5 Å². The monoisotopic (exact) mass is 435 g/mol. The molecule has 0 atom stereocenters. The van der Waals surface area contributed by atoms with E-state index in [1.54, 1.807) is 15.9 Å². The first-order valence-corrected chi connectivity index (χ1v) is 12.2. The molecule has 1 amide bonds. The average Bonchev–Trinajstić information content (AvgIpc) is 3.14. The van der Waals surface area contributed by atoms with Crippen LogP contribution in [0.25, 0.3) is 21.6 Å². The van der Waals surface area contributed by atoms with Gasteiger partial charge in [-0.15, -0.1) is 11.3 Å². The molecule has 5 nitrogen and oxygen atoms in total. The van der Waals surface area contributed by atoms with Gasteiger partial charge in [-0.3, -0.25) is 14.2 Å². The molecule has 0 N–H and O–H groups in total. The van der Waals surface area contributed by atoms with Gasteiger partial charge in [-0.2, -0.15) is 0 Å². The maximum Gasteiger partial charge on any atom is 0.263 e. The number of carbonyl (C=O) groups excluding carboxylic acids is 1. The van der Waals surface area contributed by atoms with E-state index in [2.05, 4.69) is 6.92 Å². The van der Waals surface area contributed by atoms with E-state index in [1.165, 1.54) is 16.9 Å². The molecule has 6 heteroatoms. The fourth-order valence-electron chi connectivity index (χ4n) is 4.88. The van der Waals surface area contributed by atoms with E-state index in [0.29, 0.717) is 11.7 Å². The largest absolute Gasteiger partial charge is 0.341 e. The molecule has 1 aliphatic heterocycles. The Kier molecular flexibility index (Phi) is 5.42. The Morgan fingerprint density at radius 1 is 1.19 bits per heavy atom. The predicted molar refractivity (Wildman–Crippen MR) is 126 cm³/mol. The van der Waals surface area contributed by atoms with Crippen molar-refractivity contribution in [3.05, 3.63) is 50.6 Å². The topological polar surface area (TPSA) is 55.2 Å². The highest BCUT2D eigenvalue weighted by molar-refractivity contribution is 7.18. The zero-order chi connectivity index (χ0) is 21.5. The number of hydrogen-bond acceptors (Lipinski definition) is 4. The van der Waals surface area contributed by atoms with Gasteiger partial charge in [0.05, 0.1) is 5.39 Å². The van der Waals surface area contributed by atoms with E-state index >= 15 is 0 Å². The first-order chi connectivity index (χ1) is 15.0. The summed E-state index contributed by atoms with van der Waals surface area (Å²) in [5.41, 5.74) is 3.12. The van der Waals surface area contributed by atoms with Crippen molar-refractivity contribution in [2.75, 3.05) is 13.1 Å². The van der Waals surface area contributed by atoms with Crippen molar-refractivity contribution in [3.8, 4) is 11.4 Å². The fourth-order valence-corrected chi connectivity index (χ4v) is 6.13. The van der Waals surface area contributed by atoms with Crippen LogP contribution in [0.4, 0.5) is 0 Å². The number of amides is 1. The van der Waals surface area contributed by atoms with Crippen LogP contribution in [0, 0.1) is 12.8 Å². The molecule has 1 aromatic carbocycles. The minimum absolute atomic E-state index is 0.0214. The minimum atomic E-state index is -0.0559. The number of likely N-dealkylation sites (tertiary alicyclic amines) is 1. The number of hydrogen-bond donors (Lipinski definition) is 0. The number of carbonyl (C=O) groups is 1. The molecule has 162 valence electrons. The maximum atomic E-state index is 13.8. The summed E-state index contributed by atoms with van der Waals surface area (Å²) >= 11 is 1.66. The lowest BCUT2D eigenvalue weighted by Crippen LogP contribution is -2.41. The summed E-state index contributed by atoms with van der Waals surface area (Å²) in [4.78, 5) is 36.0. The van der Waals surface area contributed by atoms with Crippen LogP contribution >= 0.6 is 11.3 Å². The van der Waals surface area contributed by atoms with Gasteiger partial charge in [-0.25, -0.2) is 4.98 Å². The Bertz CT molecular complexity index is 1200. The van der Waals surface area contributed by atoms with Gasteiger partial charge in [0.1, 0.15) is 17.2 Å². The number of aryl methyl sites for hydroxylation is 3. The molecule has 31 heavy (non-hydrogen) atoms. The van der Waals surface area contributed by atoms with E-state index in [9.17, 15) is 9.59 Å². The molecular weight excluding hydrogens is 406 g/mol. The SMILES string of the molecule is Cc1cccc(-c2nc3sc4c(c3c(=O)n2CC(=O)N2CCC(C)CC2)CCCC4)c1. The molecule has 0 saturated carbocycles. The van der Waals surface area contributed by atoms with Crippen molar-refractivity contribution in [3.63, 3.8) is 0 Å². The highest BCUT2D eigenvalue weighted by atomic mass is 32.1. The van der Waals surface area contributed by atoms with Crippen molar-refractivity contribution < 1.29 is 4.79 Å². The van der Waals surface area contributed by atoms with Gasteiger partial charge >= 0.3 is 0 Å². The molecule has 0 unspecified atom stereocenters. The number of piperidine rings is 1. The highest BCUT2D eigenvalue weighted by Gasteiger charge is 2.26. The normalized spacial score (nSPS) is 17.2. The smallest absolute Gasteiger partial charge is 0.263 e. The molecule has 1 aliphatic carbocycles. The number of aromatic nitrogens is 2. The molecule has 2 aliphatic rings. The molecule has 0 spiro atoms. The lowest BCUT2D eigenvalue weighted by atomic mass is 9.97. The molecular formula is C25H29N3O2S. The lowest BCUT2D eigenvalue weighted by molar-refractivity contribution is -0.133. The van der Waals surface area contributed by atoms with Crippen molar-refractivity contribution in [2.24, 2.45) is 5.92 Å². The fraction of sp³-hybridized carbons (Fsp3) is 0.480. The Morgan fingerprint density at radius 2 is 1.97 bits per heavy atom. The van der Waals surface area contributed by atoms with Gasteiger partial charge in [0, 0.05) is 23.5 Å². The highest BCUT2D eigenvalue weighted by Crippen LogP contribution is 2.35. The van der Waals surface area contributed by atoms with Gasteiger partial charge in [0.2, 0.25) is 5.91 Å². The van der Waals surface area contributed by atoms with Gasteiger partial charge in [-0.1, -0.05) is 30.7 Å². The second kappa shape index (κ2) is 8.23. The molecule has 3 aromatic rings. The lowest BCUT2D eigenvalue weighted by Gasteiger charge is -2.30. The van der Waals surface area contributed by atoms with E-state index in [0.717, 1.165) is 66.5 Å². The Balaban J connectivity index is 1.63. The van der Waals surface area contributed by atoms with Crippen LogP contribution in [-0.4, -0.2) is 33.4 Å². The molecule has 0 radical (unpaired) electrons. The maximum absolute atomic E-state index is 13.8. The Hall–Kier alpha value is -2.47. The Morgan fingerprint density at radius 3 is 2.74 bits per heavy atom. The molecule has 0 bridgehead atoms. The van der Waals surface area contributed by atoms with Crippen LogP contribution in [0.5, 0.6) is 0 Å². The quantitative estimate of drug-likeness (QED) is 0.606. The standard InChI is InChI=1S/C25H29N3O2S/c1-16-10-12-27(13-11-16)21(29)15-28-23(18-7-5-6-17(2)14-18)26-24-22(25(28)30)19-8-3-4-9-20(19)31-24/h5-7,14,16H,3-4,8-13,15H2,1-2H3. The van der Waals surface area contributed by atoms with Crippen molar-refractivity contribution in [1.82, 2.24) is 14.5 Å². The van der Waals surface area contributed by atoms with E-state index < -0.39 is 0 Å². The third kappa shape index (κ3) is 3.82. The van der Waals surface area contributed by atoms with Gasteiger partial charge in [0.15, 0.2) is 0 Å². The predicted octanol–water partition coefficient (Wildman–Crippen LogP) is 4.57. The molecule has 2 aromatic heterocycles. The number of nitrogens with zero attached hydrogens (tertiary/aromatic N) is 3. The van der Waals surface area contributed by atoms with E-state index in [-0.39, 0.29) is 18.0 Å². The van der Waals surface area contributed by atoms with E-state index in [1.807, 2.05) is 36.1 Å². The minimum Gasteiger partial charge on any atom is -0.341 e. The summed E-state index contributed by atoms with van der Waals surface area (Å²) in [7, 11) is 0. The molecule has 1 fully saturated rings. The summed E-state index contributed by atoms with van der Waals surface area (Å²) in [6.45, 7) is 5.88. The molecule has 1 saturated heterocycles. The first kappa shape index (κ1) is 20.4. The average molecular weight is 436 g/mol. The van der Waals surface area contributed by atoms with Crippen LogP contribution in [-0.2, 0) is 24.2 Å². The zero-order valence-electron chi connectivity index (χ0n) is 18.3. The van der Waals surface area contributed by atoms with Gasteiger partial charge < -0.3 is 4.90 Å². The summed E-state index contributed by atoms with van der Waals surface area (Å²) in [6.07, 6.45) is 6.31. The van der Waals surface area contributed by atoms with Crippen LogP contribution in [0.3, 0.4) is 0 Å². The Labute approximate surface area is 186 Å². The first-order valence-electron chi connectivity index (χ1n) is 11.4. The summed E-state index contributed by atoms with van der Waals surface area (Å²) in [5.74, 6) is 1.29. The second-order valence-corrected chi connectivity index (χ2v) is 10.2. The number of thiophene rings is 1. The summed E-state index contributed by atoms with van der Waals surface area (Å²) in [5, 5.41) is 0.746. The molecule has 3 heterocycles. The summed E-state index contributed by atoms with van der Waals surface area (Å²) < 4.78 is 1.64. The zero-order valence-corrected chi connectivity index (χ0v) is 19.1. The van der Waals surface area contributed by atoms with Crippen LogP contribution in [0.2, 0.25) is 0 Å². The van der Waals surface area contributed by atoms with Crippen LogP contribution < -0.4 is 5.56 Å². The van der Waals surface area contributed by atoms with Crippen molar-refractivity contribution in [1.29, 1.82) is 0 Å². The van der Waals surface area contributed by atoms with Gasteiger partial charge in [-0.05, 0) is 63.0 Å². The number of fused-ring (bicyclic) bond motifs is 3. The van der Waals surface area contributed by atoms with Crippen LogP contribution in [0.15, 0.2) is 29.1 Å². The number of rotatable bonds is 3. The van der Waals surface area contributed by atoms with Crippen LogP contribution in [0.1, 0.15) is 48.6 Å². The third-order valence-electron chi connectivity index (χ3n) is 6.78. The third-order valence-corrected chi connectivity index (χ3v) is 7.97. The van der Waals surface area contributed by atoms with Crippen molar-refractivity contribution in [2.45, 2.75) is 58.9 Å². The number of benzene rings is 1. The second-order valence-electron chi connectivity index (χ2n) is 9.15.